The van der Waals surface area contributed by atoms with E-state index >= 15 is 0 Å². The fraction of sp³-hybridized carbons (Fsp3) is 0.200. The van der Waals surface area contributed by atoms with E-state index in [1.165, 1.54) is 16.4 Å². The molecular formula is C15H15FOSi. The summed E-state index contributed by atoms with van der Waals surface area (Å²) in [5.74, 6) is 0.662. The van der Waals surface area contributed by atoms with Crippen molar-refractivity contribution < 1.29 is 9.13 Å². The Hall–Kier alpha value is -1.61. The Morgan fingerprint density at radius 3 is 2.56 bits per heavy atom. The minimum atomic E-state index is -1.74. The summed E-state index contributed by atoms with van der Waals surface area (Å²) in [5.41, 5.74) is 1.79. The minimum Gasteiger partial charge on any atom is -0.497 e. The van der Waals surface area contributed by atoms with Crippen LogP contribution in [0.4, 0.5) is 4.39 Å². The first-order chi connectivity index (χ1) is 8.55. The van der Waals surface area contributed by atoms with Gasteiger partial charge in [0, 0.05) is 5.56 Å². The van der Waals surface area contributed by atoms with E-state index < -0.39 is 8.07 Å². The Kier molecular flexibility index (Phi) is 2.35. The lowest BCUT2D eigenvalue weighted by Gasteiger charge is -2.18. The molecule has 92 valence electrons. The summed E-state index contributed by atoms with van der Waals surface area (Å²) in [7, 11) is -0.104. The Labute approximate surface area is 107 Å². The van der Waals surface area contributed by atoms with Crippen molar-refractivity contribution in [2.45, 2.75) is 13.1 Å². The maximum atomic E-state index is 14.1. The van der Waals surface area contributed by atoms with Crippen molar-refractivity contribution in [2.75, 3.05) is 7.11 Å². The fourth-order valence-corrected chi connectivity index (χ4v) is 5.92. The van der Waals surface area contributed by atoms with Gasteiger partial charge in [-0.05, 0) is 34.1 Å². The highest BCUT2D eigenvalue weighted by atomic mass is 28.3. The predicted octanol–water partition coefficient (Wildman–Crippen LogP) is 2.64. The molecule has 1 nitrogen and oxygen atoms in total. The van der Waals surface area contributed by atoms with E-state index in [9.17, 15) is 4.39 Å². The largest absolute Gasteiger partial charge is 0.497 e. The molecular weight excluding hydrogens is 243 g/mol. The topological polar surface area (TPSA) is 9.23 Å². The van der Waals surface area contributed by atoms with Gasteiger partial charge in [-0.15, -0.1) is 0 Å². The maximum Gasteiger partial charge on any atom is 0.130 e. The summed E-state index contributed by atoms with van der Waals surface area (Å²) >= 11 is 0. The van der Waals surface area contributed by atoms with Gasteiger partial charge in [0.1, 0.15) is 19.6 Å². The summed E-state index contributed by atoms with van der Waals surface area (Å²) in [6.45, 7) is 4.53. The molecule has 0 radical (unpaired) electrons. The normalized spacial score (nSPS) is 15.1. The van der Waals surface area contributed by atoms with Crippen LogP contribution in [0, 0.1) is 5.82 Å². The molecule has 0 spiro atoms. The highest BCUT2D eigenvalue weighted by molar-refractivity contribution is 7.03. The highest BCUT2D eigenvalue weighted by Crippen LogP contribution is 2.32. The zero-order chi connectivity index (χ0) is 12.9. The van der Waals surface area contributed by atoms with Gasteiger partial charge in [-0.2, -0.15) is 0 Å². The number of halogens is 1. The molecule has 1 aliphatic rings. The number of benzene rings is 2. The molecule has 0 fully saturated rings. The lowest BCUT2D eigenvalue weighted by atomic mass is 10.1. The molecule has 0 unspecified atom stereocenters. The molecule has 0 aliphatic carbocycles. The van der Waals surface area contributed by atoms with Crippen molar-refractivity contribution in [2.24, 2.45) is 0 Å². The first-order valence-electron chi connectivity index (χ1n) is 6.03. The SMILES string of the molecule is COc1ccc2c(c1)-c1c(F)cccc1[Si]2(C)C. The van der Waals surface area contributed by atoms with Crippen LogP contribution < -0.4 is 15.1 Å². The van der Waals surface area contributed by atoms with Crippen LogP contribution >= 0.6 is 0 Å². The zero-order valence-corrected chi connectivity index (χ0v) is 11.8. The average Bonchev–Trinajstić information content (AvgIpc) is 2.59. The van der Waals surface area contributed by atoms with E-state index in [0.29, 0.717) is 0 Å². The summed E-state index contributed by atoms with van der Waals surface area (Å²) in [6, 6.07) is 11.4. The van der Waals surface area contributed by atoms with Crippen molar-refractivity contribution in [3.05, 3.63) is 42.2 Å². The lowest BCUT2D eigenvalue weighted by Crippen LogP contribution is -2.49. The van der Waals surface area contributed by atoms with Crippen molar-refractivity contribution in [3.8, 4) is 16.9 Å². The predicted molar refractivity (Wildman–Crippen MR) is 75.1 cm³/mol. The third-order valence-corrected chi connectivity index (χ3v) is 7.40. The average molecular weight is 258 g/mol. The Morgan fingerprint density at radius 1 is 1.06 bits per heavy atom. The molecule has 0 N–H and O–H groups in total. The number of fused-ring (bicyclic) bond motifs is 3. The molecule has 0 atom stereocenters. The molecule has 0 saturated carbocycles. The molecule has 0 bridgehead atoms. The van der Waals surface area contributed by atoms with E-state index in [2.05, 4.69) is 25.2 Å². The summed E-state index contributed by atoms with van der Waals surface area (Å²) in [4.78, 5) is 0. The number of hydrogen-bond acceptors (Lipinski definition) is 1. The third kappa shape index (κ3) is 1.37. The van der Waals surface area contributed by atoms with E-state index in [1.54, 1.807) is 7.11 Å². The lowest BCUT2D eigenvalue weighted by molar-refractivity contribution is 0.415. The second kappa shape index (κ2) is 3.69. The van der Waals surface area contributed by atoms with Gasteiger partial charge in [-0.3, -0.25) is 0 Å². The molecule has 18 heavy (non-hydrogen) atoms. The van der Waals surface area contributed by atoms with E-state index in [4.69, 9.17) is 4.74 Å². The monoisotopic (exact) mass is 258 g/mol. The first-order valence-corrected chi connectivity index (χ1v) is 9.03. The van der Waals surface area contributed by atoms with Crippen LogP contribution in [0.15, 0.2) is 36.4 Å². The van der Waals surface area contributed by atoms with Gasteiger partial charge in [-0.25, -0.2) is 4.39 Å². The quantitative estimate of drug-likeness (QED) is 0.715. The molecule has 0 aromatic heterocycles. The first kappa shape index (κ1) is 11.5. The van der Waals surface area contributed by atoms with Crippen molar-refractivity contribution in [1.82, 2.24) is 0 Å². The third-order valence-electron chi connectivity index (χ3n) is 3.86. The number of rotatable bonds is 1. The number of ether oxygens (including phenoxy) is 1. The summed E-state index contributed by atoms with van der Waals surface area (Å²) < 4.78 is 19.4. The highest BCUT2D eigenvalue weighted by Gasteiger charge is 2.38. The van der Waals surface area contributed by atoms with Crippen molar-refractivity contribution in [3.63, 3.8) is 0 Å². The molecule has 2 aromatic carbocycles. The van der Waals surface area contributed by atoms with Gasteiger partial charge in [0.2, 0.25) is 0 Å². The van der Waals surface area contributed by atoms with Crippen LogP contribution in [-0.2, 0) is 0 Å². The second-order valence-corrected chi connectivity index (χ2v) is 9.53. The van der Waals surface area contributed by atoms with Crippen LogP contribution in [0.5, 0.6) is 5.75 Å². The van der Waals surface area contributed by atoms with Crippen LogP contribution in [-0.4, -0.2) is 15.2 Å². The van der Waals surface area contributed by atoms with Gasteiger partial charge in [-0.1, -0.05) is 31.3 Å². The number of hydrogen-bond donors (Lipinski definition) is 0. The standard InChI is InChI=1S/C15H15FOSi/c1-17-10-7-8-13-11(9-10)15-12(16)5-4-6-14(15)18(13,2)3/h4-9H,1-3H3. The van der Waals surface area contributed by atoms with Crippen LogP contribution in [0.25, 0.3) is 11.1 Å². The summed E-state index contributed by atoms with van der Waals surface area (Å²) in [6.07, 6.45) is 0. The summed E-state index contributed by atoms with van der Waals surface area (Å²) in [5, 5.41) is 2.48. The fourth-order valence-electron chi connectivity index (χ4n) is 2.87. The van der Waals surface area contributed by atoms with Gasteiger partial charge in [0.05, 0.1) is 7.11 Å². The van der Waals surface area contributed by atoms with Gasteiger partial charge >= 0.3 is 0 Å². The van der Waals surface area contributed by atoms with Crippen LogP contribution in [0.2, 0.25) is 13.1 Å². The van der Waals surface area contributed by atoms with Gasteiger partial charge in [0.25, 0.3) is 0 Å². The number of methoxy groups -OCH3 is 1. The second-order valence-electron chi connectivity index (χ2n) is 5.20. The molecule has 1 heterocycles. The van der Waals surface area contributed by atoms with Gasteiger partial charge in [0.15, 0.2) is 0 Å². The maximum absolute atomic E-state index is 14.1. The van der Waals surface area contributed by atoms with Crippen LogP contribution in [0.3, 0.4) is 0 Å². The molecule has 3 rings (SSSR count). The van der Waals surface area contributed by atoms with Crippen molar-refractivity contribution in [1.29, 1.82) is 0 Å². The Balaban J connectivity index is 2.38. The molecule has 1 aliphatic heterocycles. The molecule has 3 heteroatoms. The minimum absolute atomic E-state index is 0.125. The zero-order valence-electron chi connectivity index (χ0n) is 10.8. The van der Waals surface area contributed by atoms with Gasteiger partial charge < -0.3 is 4.74 Å². The molecule has 0 amide bonds. The molecule has 0 saturated heterocycles. The Morgan fingerprint density at radius 2 is 1.83 bits per heavy atom. The van der Waals surface area contributed by atoms with Crippen molar-refractivity contribution >= 4 is 18.4 Å². The van der Waals surface area contributed by atoms with E-state index in [0.717, 1.165) is 16.9 Å². The smallest absolute Gasteiger partial charge is 0.130 e. The Bertz CT molecular complexity index is 634. The molecule has 2 aromatic rings. The van der Waals surface area contributed by atoms with E-state index in [-0.39, 0.29) is 5.82 Å². The van der Waals surface area contributed by atoms with Crippen LogP contribution in [0.1, 0.15) is 0 Å². The van der Waals surface area contributed by atoms with E-state index in [1.807, 2.05) is 18.2 Å².